The molecular weight excluding hydrogens is 210 g/mol. The molecule has 3 rings (SSSR count). The molecule has 0 amide bonds. The van der Waals surface area contributed by atoms with E-state index in [0.29, 0.717) is 5.92 Å². The van der Waals surface area contributed by atoms with Crippen molar-refractivity contribution in [1.29, 1.82) is 0 Å². The molecule has 1 aliphatic rings. The molecule has 1 heterocycles. The zero-order valence-electron chi connectivity index (χ0n) is 10.1. The number of hydrogen-bond donors (Lipinski definition) is 1. The summed E-state index contributed by atoms with van der Waals surface area (Å²) in [7, 11) is 1.97. The van der Waals surface area contributed by atoms with E-state index in [1.165, 1.54) is 23.2 Å². The molecule has 3 heteroatoms. The van der Waals surface area contributed by atoms with Crippen molar-refractivity contribution in [1.82, 2.24) is 9.78 Å². The largest absolute Gasteiger partial charge is 0.399 e. The van der Waals surface area contributed by atoms with E-state index in [9.17, 15) is 0 Å². The lowest BCUT2D eigenvalue weighted by molar-refractivity contribution is 0.646. The molecule has 1 aromatic heterocycles. The van der Waals surface area contributed by atoms with Gasteiger partial charge >= 0.3 is 0 Å². The number of aromatic nitrogens is 2. The van der Waals surface area contributed by atoms with E-state index in [0.717, 1.165) is 18.5 Å². The summed E-state index contributed by atoms with van der Waals surface area (Å²) in [6.07, 6.45) is 5.42. The van der Waals surface area contributed by atoms with Crippen LogP contribution in [0.5, 0.6) is 0 Å². The van der Waals surface area contributed by atoms with Crippen molar-refractivity contribution >= 4 is 5.69 Å². The van der Waals surface area contributed by atoms with Crippen LogP contribution in [-0.4, -0.2) is 9.78 Å². The Morgan fingerprint density at radius 1 is 1.41 bits per heavy atom. The fraction of sp³-hybridized carbons (Fsp3) is 0.357. The SMILES string of the molecule is Cn1ccc(CC2CCc3cc(N)ccc32)n1. The molecule has 0 radical (unpaired) electrons. The predicted molar refractivity (Wildman–Crippen MR) is 68.8 cm³/mol. The van der Waals surface area contributed by atoms with Gasteiger partial charge in [0.25, 0.3) is 0 Å². The smallest absolute Gasteiger partial charge is 0.0630 e. The molecule has 17 heavy (non-hydrogen) atoms. The summed E-state index contributed by atoms with van der Waals surface area (Å²) in [5.74, 6) is 0.612. The van der Waals surface area contributed by atoms with E-state index in [1.807, 2.05) is 24.0 Å². The van der Waals surface area contributed by atoms with Gasteiger partial charge < -0.3 is 5.73 Å². The minimum atomic E-state index is 0.612. The number of nitrogens with zero attached hydrogens (tertiary/aromatic N) is 2. The molecule has 88 valence electrons. The van der Waals surface area contributed by atoms with E-state index in [2.05, 4.69) is 23.3 Å². The van der Waals surface area contributed by atoms with E-state index in [-0.39, 0.29) is 0 Å². The molecule has 1 unspecified atom stereocenters. The Morgan fingerprint density at radius 2 is 2.29 bits per heavy atom. The second-order valence-corrected chi connectivity index (χ2v) is 4.88. The van der Waals surface area contributed by atoms with Gasteiger partial charge in [-0.15, -0.1) is 0 Å². The number of hydrogen-bond acceptors (Lipinski definition) is 2. The van der Waals surface area contributed by atoms with Gasteiger partial charge in [-0.25, -0.2) is 0 Å². The molecule has 1 aliphatic carbocycles. The van der Waals surface area contributed by atoms with Gasteiger partial charge in [0.05, 0.1) is 5.69 Å². The third-order valence-corrected chi connectivity index (χ3v) is 3.59. The van der Waals surface area contributed by atoms with Crippen molar-refractivity contribution in [3.8, 4) is 0 Å². The number of nitrogen functional groups attached to an aromatic ring is 1. The van der Waals surface area contributed by atoms with Crippen molar-refractivity contribution in [3.05, 3.63) is 47.3 Å². The van der Waals surface area contributed by atoms with Gasteiger partial charge in [0.1, 0.15) is 0 Å². The molecule has 0 aliphatic heterocycles. The summed E-state index contributed by atoms with van der Waals surface area (Å²) in [5, 5.41) is 4.46. The molecule has 1 aromatic carbocycles. The summed E-state index contributed by atoms with van der Waals surface area (Å²) < 4.78 is 1.87. The van der Waals surface area contributed by atoms with E-state index < -0.39 is 0 Å². The Balaban J connectivity index is 1.84. The van der Waals surface area contributed by atoms with Gasteiger partial charge in [0, 0.05) is 18.9 Å². The minimum absolute atomic E-state index is 0.612. The first-order chi connectivity index (χ1) is 8.22. The molecular formula is C14H17N3. The Hall–Kier alpha value is -1.77. The highest BCUT2D eigenvalue weighted by atomic mass is 15.2. The van der Waals surface area contributed by atoms with Crippen molar-refractivity contribution in [3.63, 3.8) is 0 Å². The highest BCUT2D eigenvalue weighted by molar-refractivity contribution is 5.48. The fourth-order valence-electron chi connectivity index (χ4n) is 2.76. The van der Waals surface area contributed by atoms with E-state index >= 15 is 0 Å². The van der Waals surface area contributed by atoms with Crippen molar-refractivity contribution in [2.24, 2.45) is 7.05 Å². The van der Waals surface area contributed by atoms with Crippen molar-refractivity contribution in [2.45, 2.75) is 25.2 Å². The van der Waals surface area contributed by atoms with Crippen LogP contribution < -0.4 is 5.73 Å². The molecule has 1 atom stereocenters. The van der Waals surface area contributed by atoms with Gasteiger partial charge in [-0.1, -0.05) is 6.07 Å². The molecule has 2 aromatic rings. The molecule has 3 nitrogen and oxygen atoms in total. The van der Waals surface area contributed by atoms with Crippen molar-refractivity contribution in [2.75, 3.05) is 5.73 Å². The topological polar surface area (TPSA) is 43.8 Å². The van der Waals surface area contributed by atoms with E-state index in [4.69, 9.17) is 5.73 Å². The lowest BCUT2D eigenvalue weighted by Gasteiger charge is -2.09. The maximum Gasteiger partial charge on any atom is 0.0630 e. The lowest BCUT2D eigenvalue weighted by atomic mass is 9.96. The third kappa shape index (κ3) is 1.93. The van der Waals surface area contributed by atoms with E-state index in [1.54, 1.807) is 0 Å². The first-order valence-electron chi connectivity index (χ1n) is 6.09. The van der Waals surface area contributed by atoms with Crippen LogP contribution in [0.3, 0.4) is 0 Å². The van der Waals surface area contributed by atoms with Gasteiger partial charge in [-0.2, -0.15) is 5.10 Å². The number of nitrogens with two attached hydrogens (primary N) is 1. The summed E-state index contributed by atoms with van der Waals surface area (Å²) in [5.41, 5.74) is 10.8. The lowest BCUT2D eigenvalue weighted by Crippen LogP contribution is -2.00. The molecule has 0 spiro atoms. The van der Waals surface area contributed by atoms with Crippen LogP contribution in [0, 0.1) is 0 Å². The Labute approximate surface area is 101 Å². The molecule has 2 N–H and O–H groups in total. The average molecular weight is 227 g/mol. The predicted octanol–water partition coefficient (Wildman–Crippen LogP) is 2.27. The van der Waals surface area contributed by atoms with Crippen LogP contribution in [0.15, 0.2) is 30.5 Å². The second kappa shape index (κ2) is 3.91. The molecule has 0 bridgehead atoms. The maximum atomic E-state index is 5.82. The molecule has 0 saturated carbocycles. The van der Waals surface area contributed by atoms with Gasteiger partial charge in [-0.05, 0) is 54.5 Å². The van der Waals surface area contributed by atoms with Gasteiger partial charge in [-0.3, -0.25) is 4.68 Å². The Morgan fingerprint density at radius 3 is 3.06 bits per heavy atom. The summed E-state index contributed by atoms with van der Waals surface area (Å²) in [6, 6.07) is 8.42. The molecule has 0 fully saturated rings. The van der Waals surface area contributed by atoms with Gasteiger partial charge in [0.15, 0.2) is 0 Å². The zero-order chi connectivity index (χ0) is 11.8. The first kappa shape index (κ1) is 10.4. The first-order valence-corrected chi connectivity index (χ1v) is 6.09. The van der Waals surface area contributed by atoms with Crippen LogP contribution in [0.25, 0.3) is 0 Å². The Bertz CT molecular complexity index is 542. The number of aryl methyl sites for hydroxylation is 2. The maximum absolute atomic E-state index is 5.82. The standard InChI is InChI=1S/C14H17N3/c1-17-7-6-13(16-17)9-11-3-2-10-8-12(15)4-5-14(10)11/h4-8,11H,2-3,9,15H2,1H3. The normalized spacial score (nSPS) is 18.3. The summed E-state index contributed by atoms with van der Waals surface area (Å²) >= 11 is 0. The highest BCUT2D eigenvalue weighted by Crippen LogP contribution is 2.36. The number of rotatable bonds is 2. The summed E-state index contributed by atoms with van der Waals surface area (Å²) in [6.45, 7) is 0. The van der Waals surface area contributed by atoms with Crippen LogP contribution in [0.4, 0.5) is 5.69 Å². The average Bonchev–Trinajstić information content (AvgIpc) is 2.86. The van der Waals surface area contributed by atoms with Crippen LogP contribution in [-0.2, 0) is 19.9 Å². The number of benzene rings is 1. The monoisotopic (exact) mass is 227 g/mol. The summed E-state index contributed by atoms with van der Waals surface area (Å²) in [4.78, 5) is 0. The van der Waals surface area contributed by atoms with Crippen LogP contribution >= 0.6 is 0 Å². The zero-order valence-corrected chi connectivity index (χ0v) is 10.1. The van der Waals surface area contributed by atoms with Crippen LogP contribution in [0.2, 0.25) is 0 Å². The number of fused-ring (bicyclic) bond motifs is 1. The number of anilines is 1. The minimum Gasteiger partial charge on any atom is -0.399 e. The van der Waals surface area contributed by atoms with Gasteiger partial charge in [0.2, 0.25) is 0 Å². The quantitative estimate of drug-likeness (QED) is 0.800. The third-order valence-electron chi connectivity index (χ3n) is 3.59. The second-order valence-electron chi connectivity index (χ2n) is 4.88. The highest BCUT2D eigenvalue weighted by Gasteiger charge is 2.23. The molecule has 0 saturated heterocycles. The van der Waals surface area contributed by atoms with Crippen molar-refractivity contribution < 1.29 is 0 Å². The fourth-order valence-corrected chi connectivity index (χ4v) is 2.76. The Kier molecular flexibility index (Phi) is 2.39. The van der Waals surface area contributed by atoms with Crippen LogP contribution in [0.1, 0.15) is 29.2 Å².